The number of alkyl carbamates (subject to hydrolysis) is 1. The number of imidazole rings is 1. The van der Waals surface area contributed by atoms with Gasteiger partial charge in [0, 0.05) is 25.1 Å². The van der Waals surface area contributed by atoms with Crippen LogP contribution in [0.3, 0.4) is 0 Å². The zero-order valence-corrected chi connectivity index (χ0v) is 34.8. The minimum Gasteiger partial charge on any atom is -0.445 e. The van der Waals surface area contributed by atoms with Crippen molar-refractivity contribution >= 4 is 57.7 Å². The molecule has 0 aliphatic carbocycles. The van der Waals surface area contributed by atoms with E-state index in [9.17, 15) is 24.0 Å². The number of carbonyl (C=O) groups excluding carboxylic acids is 5. The number of carbonyl (C=O) groups is 5. The van der Waals surface area contributed by atoms with Gasteiger partial charge >= 0.3 is 12.2 Å². The van der Waals surface area contributed by atoms with Gasteiger partial charge in [0.15, 0.2) is 5.82 Å². The summed E-state index contributed by atoms with van der Waals surface area (Å²) in [4.78, 5) is 75.8. The highest BCUT2D eigenvalue weighted by Crippen LogP contribution is 2.31. The van der Waals surface area contributed by atoms with Crippen LogP contribution >= 0.6 is 0 Å². The number of fused-ring (bicyclic) bond motifs is 3. The molecular weight excluding hydrogens is 761 g/mol. The Morgan fingerprint density at radius 3 is 2.34 bits per heavy atom. The lowest BCUT2D eigenvalue weighted by Crippen LogP contribution is -2.51. The predicted octanol–water partition coefficient (Wildman–Crippen LogP) is 4.80. The molecule has 3 unspecified atom stereocenters. The fraction of sp³-hybridized carbons (Fsp3) is 0.500. The van der Waals surface area contributed by atoms with Gasteiger partial charge in [-0.05, 0) is 72.9 Å². The summed E-state index contributed by atoms with van der Waals surface area (Å²) in [5.74, 6) is -0.558. The number of benzene rings is 2. The summed E-state index contributed by atoms with van der Waals surface area (Å²) in [5.41, 5.74) is 1.87. The molecule has 3 heterocycles. The molecule has 1 fully saturated rings. The molecule has 0 saturated carbocycles. The monoisotopic (exact) mass is 816 g/mol. The maximum atomic E-state index is 13.7. The molecule has 1 aliphatic heterocycles. The Labute approximate surface area is 343 Å². The van der Waals surface area contributed by atoms with E-state index in [4.69, 9.17) is 28.9 Å². The molecule has 59 heavy (non-hydrogen) atoms. The zero-order chi connectivity index (χ0) is 42.7. The lowest BCUT2D eigenvalue weighted by atomic mass is 10.1. The number of pyridine rings is 1. The van der Waals surface area contributed by atoms with Crippen molar-refractivity contribution in [3.8, 4) is 0 Å². The SMILES string of the molecule is CCOCc1nc2c(NC(=O)[C@H](C)NC(=O)C3CCCN3C(=O)OC(C)(C)C)nc3ccccc3c2n1CC(C)OCCNC(=O)C(C)NC(=O)OCc1ccccc1. The fourth-order valence-corrected chi connectivity index (χ4v) is 6.55. The molecule has 0 bridgehead atoms. The van der Waals surface area contributed by atoms with Crippen molar-refractivity contribution in [2.45, 2.75) is 111 Å². The smallest absolute Gasteiger partial charge is 0.410 e. The van der Waals surface area contributed by atoms with Gasteiger partial charge in [0.1, 0.15) is 48.3 Å². The molecular formula is C42H56N8O9. The summed E-state index contributed by atoms with van der Waals surface area (Å²) >= 11 is 0. The summed E-state index contributed by atoms with van der Waals surface area (Å²) in [6.07, 6.45) is -0.539. The Morgan fingerprint density at radius 2 is 1.61 bits per heavy atom. The number of amides is 5. The number of hydrogen-bond acceptors (Lipinski definition) is 11. The fourth-order valence-electron chi connectivity index (χ4n) is 6.55. The summed E-state index contributed by atoms with van der Waals surface area (Å²) < 4.78 is 24.6. The number of aromatic nitrogens is 3. The Morgan fingerprint density at radius 1 is 0.898 bits per heavy atom. The van der Waals surface area contributed by atoms with E-state index >= 15 is 0 Å². The highest BCUT2D eigenvalue weighted by atomic mass is 16.6. The first-order valence-electron chi connectivity index (χ1n) is 20.0. The minimum absolute atomic E-state index is 0.0889. The van der Waals surface area contributed by atoms with Crippen molar-refractivity contribution < 1.29 is 42.9 Å². The van der Waals surface area contributed by atoms with E-state index in [0.717, 1.165) is 10.9 Å². The summed E-state index contributed by atoms with van der Waals surface area (Å²) in [7, 11) is 0. The van der Waals surface area contributed by atoms with E-state index in [1.54, 1.807) is 34.6 Å². The van der Waals surface area contributed by atoms with Gasteiger partial charge in [-0.3, -0.25) is 19.3 Å². The van der Waals surface area contributed by atoms with Gasteiger partial charge in [0.2, 0.25) is 17.7 Å². The molecule has 4 atom stereocenters. The molecule has 1 saturated heterocycles. The van der Waals surface area contributed by atoms with E-state index in [1.807, 2.05) is 73.0 Å². The van der Waals surface area contributed by atoms with Crippen LogP contribution in [0.1, 0.15) is 72.7 Å². The van der Waals surface area contributed by atoms with Crippen LogP contribution in [0.5, 0.6) is 0 Å². The van der Waals surface area contributed by atoms with Gasteiger partial charge in [0.05, 0.1) is 30.3 Å². The lowest BCUT2D eigenvalue weighted by Gasteiger charge is -2.28. The number of likely N-dealkylation sites (tertiary alicyclic amines) is 1. The Bertz CT molecular complexity index is 2100. The third-order valence-corrected chi connectivity index (χ3v) is 9.46. The summed E-state index contributed by atoms with van der Waals surface area (Å²) in [6.45, 7) is 14.0. The maximum Gasteiger partial charge on any atom is 0.410 e. The predicted molar refractivity (Wildman–Crippen MR) is 220 cm³/mol. The molecule has 2 aromatic carbocycles. The first-order valence-corrected chi connectivity index (χ1v) is 20.0. The molecule has 5 amide bonds. The Kier molecular flexibility index (Phi) is 15.2. The van der Waals surface area contributed by atoms with Gasteiger partial charge < -0.3 is 44.8 Å². The highest BCUT2D eigenvalue weighted by Gasteiger charge is 2.37. The normalized spacial score (nSPS) is 15.6. The second kappa shape index (κ2) is 20.2. The standard InChI is InChI=1S/C42H56N8O9/c1-8-56-25-33-47-34-35(50(33)23-26(2)57-22-20-43-37(51)27(3)45-40(54)58-24-29-15-10-9-11-16-29)30-17-12-13-18-31(30)46-36(34)48-38(52)28(4)44-39(53)32-19-14-21-49(32)41(55)59-42(5,6)7/h9-13,15-18,26-28,32H,8,14,19-25H2,1-7H3,(H,43,51)(H,44,53)(H,45,54)(H,46,48,52)/t26?,27?,28-,32?/m0/s1. The topological polar surface area (TPSA) is 204 Å². The second-order valence-electron chi connectivity index (χ2n) is 15.4. The van der Waals surface area contributed by atoms with Gasteiger partial charge in [-0.15, -0.1) is 0 Å². The molecule has 0 spiro atoms. The average Bonchev–Trinajstić information content (AvgIpc) is 3.84. The lowest BCUT2D eigenvalue weighted by molar-refractivity contribution is -0.129. The van der Waals surface area contributed by atoms with Crippen LogP contribution in [0.25, 0.3) is 21.9 Å². The molecule has 4 aromatic rings. The molecule has 17 heteroatoms. The Hall–Kier alpha value is -5.81. The first kappa shape index (κ1) is 44.3. The highest BCUT2D eigenvalue weighted by molar-refractivity contribution is 6.10. The molecule has 4 N–H and O–H groups in total. The van der Waals surface area contributed by atoms with Gasteiger partial charge in [-0.1, -0.05) is 48.5 Å². The van der Waals surface area contributed by atoms with Crippen LogP contribution in [0, 0.1) is 0 Å². The maximum absolute atomic E-state index is 13.7. The average molecular weight is 817 g/mol. The summed E-state index contributed by atoms with van der Waals surface area (Å²) in [6, 6.07) is 14.2. The largest absolute Gasteiger partial charge is 0.445 e. The van der Waals surface area contributed by atoms with Crippen molar-refractivity contribution in [2.24, 2.45) is 0 Å². The van der Waals surface area contributed by atoms with Crippen LogP contribution in [0.4, 0.5) is 15.4 Å². The van der Waals surface area contributed by atoms with Gasteiger partial charge in [-0.2, -0.15) is 0 Å². The molecule has 5 rings (SSSR count). The van der Waals surface area contributed by atoms with E-state index in [0.29, 0.717) is 54.9 Å². The number of para-hydroxylation sites is 1. The molecule has 2 aromatic heterocycles. The second-order valence-corrected chi connectivity index (χ2v) is 15.4. The molecule has 318 valence electrons. The molecule has 1 aliphatic rings. The number of hydrogen-bond donors (Lipinski definition) is 4. The quantitative estimate of drug-likeness (QED) is 0.107. The van der Waals surface area contributed by atoms with Crippen LogP contribution in [-0.2, 0) is 53.1 Å². The van der Waals surface area contributed by atoms with Crippen molar-refractivity contribution in [2.75, 3.05) is 31.6 Å². The Balaban J connectivity index is 1.23. The molecule has 17 nitrogen and oxygen atoms in total. The zero-order valence-electron chi connectivity index (χ0n) is 34.8. The third kappa shape index (κ3) is 12.1. The summed E-state index contributed by atoms with van der Waals surface area (Å²) in [5, 5.41) is 11.7. The van der Waals surface area contributed by atoms with Crippen LogP contribution < -0.4 is 21.3 Å². The first-order chi connectivity index (χ1) is 28.1. The number of anilines is 1. The number of ether oxygens (including phenoxy) is 4. The van der Waals surface area contributed by atoms with E-state index in [1.165, 1.54) is 4.90 Å². The number of nitrogens with one attached hydrogen (secondary N) is 4. The van der Waals surface area contributed by atoms with Crippen LogP contribution in [0.15, 0.2) is 54.6 Å². The van der Waals surface area contributed by atoms with E-state index < -0.39 is 47.7 Å². The number of rotatable bonds is 17. The van der Waals surface area contributed by atoms with Crippen molar-refractivity contribution in [3.05, 3.63) is 66.0 Å². The van der Waals surface area contributed by atoms with Crippen molar-refractivity contribution in [1.82, 2.24) is 35.4 Å². The molecule has 0 radical (unpaired) electrons. The number of nitrogens with zero attached hydrogens (tertiary/aromatic N) is 4. The van der Waals surface area contributed by atoms with Crippen molar-refractivity contribution in [3.63, 3.8) is 0 Å². The van der Waals surface area contributed by atoms with Gasteiger partial charge in [-0.25, -0.2) is 19.6 Å². The van der Waals surface area contributed by atoms with Crippen LogP contribution in [-0.4, -0.2) is 105 Å². The van der Waals surface area contributed by atoms with E-state index in [2.05, 4.69) is 21.3 Å². The minimum atomic E-state index is -0.974. The third-order valence-electron chi connectivity index (χ3n) is 9.46. The van der Waals surface area contributed by atoms with E-state index in [-0.39, 0.29) is 44.2 Å². The van der Waals surface area contributed by atoms with Crippen molar-refractivity contribution in [1.29, 1.82) is 0 Å². The van der Waals surface area contributed by atoms with Gasteiger partial charge in [0.25, 0.3) is 0 Å². The van der Waals surface area contributed by atoms with Crippen LogP contribution in [0.2, 0.25) is 0 Å².